The highest BCUT2D eigenvalue weighted by Gasteiger charge is 2.50. The van der Waals surface area contributed by atoms with Gasteiger partial charge in [0.15, 0.2) is 0 Å². The van der Waals surface area contributed by atoms with E-state index in [1.165, 1.54) is 63.4 Å². The minimum absolute atomic E-state index is 0.102. The van der Waals surface area contributed by atoms with E-state index < -0.39 is 0 Å². The zero-order valence-electron chi connectivity index (χ0n) is 20.9. The van der Waals surface area contributed by atoms with Crippen LogP contribution in [0.2, 0.25) is 0 Å². The molecule has 6 rings (SSSR count). The van der Waals surface area contributed by atoms with E-state index in [0.29, 0.717) is 11.3 Å². The molecule has 1 amide bonds. The summed E-state index contributed by atoms with van der Waals surface area (Å²) in [5.74, 6) is 3.43. The summed E-state index contributed by atoms with van der Waals surface area (Å²) in [6.07, 6.45) is 20.7. The molecule has 1 aliphatic heterocycles. The fourth-order valence-corrected chi connectivity index (χ4v) is 8.26. The van der Waals surface area contributed by atoms with Crippen LogP contribution in [-0.2, 0) is 11.2 Å². The van der Waals surface area contributed by atoms with Gasteiger partial charge >= 0.3 is 0 Å². The van der Waals surface area contributed by atoms with Gasteiger partial charge in [-0.1, -0.05) is 19.8 Å². The summed E-state index contributed by atoms with van der Waals surface area (Å²) in [5, 5.41) is 0. The van der Waals surface area contributed by atoms with Crippen LogP contribution in [0.3, 0.4) is 0 Å². The number of carbonyl (C=O) groups excluding carboxylic acids is 1. The fraction of sp³-hybridized carbons (Fsp3) is 0.793. The van der Waals surface area contributed by atoms with Crippen molar-refractivity contribution in [2.45, 2.75) is 96.4 Å². The average molecular weight is 452 g/mol. The molecule has 1 aromatic heterocycles. The Hall–Kier alpha value is -1.42. The molecule has 0 unspecified atom stereocenters. The monoisotopic (exact) mass is 451 g/mol. The van der Waals surface area contributed by atoms with E-state index in [1.54, 1.807) is 0 Å². The summed E-state index contributed by atoms with van der Waals surface area (Å²) in [6.45, 7) is 6.29. The first kappa shape index (κ1) is 23.3. The average Bonchev–Trinajstić information content (AvgIpc) is 3.28. The predicted octanol–water partition coefficient (Wildman–Crippen LogP) is 5.71. The van der Waals surface area contributed by atoms with Gasteiger partial charge in [0.25, 0.3) is 0 Å². The third kappa shape index (κ3) is 5.47. The number of rotatable bonds is 11. The van der Waals surface area contributed by atoms with Crippen LogP contribution in [0, 0.1) is 23.2 Å². The molecule has 1 saturated heterocycles. The molecular weight excluding hydrogens is 406 g/mol. The molecule has 33 heavy (non-hydrogen) atoms. The number of aromatic nitrogens is 1. The highest BCUT2D eigenvalue weighted by atomic mass is 16.2. The molecule has 4 heteroatoms. The lowest BCUT2D eigenvalue weighted by atomic mass is 9.49. The van der Waals surface area contributed by atoms with E-state index in [4.69, 9.17) is 0 Å². The molecule has 2 heterocycles. The maximum atomic E-state index is 13.9. The third-order valence-electron chi connectivity index (χ3n) is 9.51. The molecule has 0 radical (unpaired) electrons. The van der Waals surface area contributed by atoms with Crippen molar-refractivity contribution in [3.63, 3.8) is 0 Å². The van der Waals surface area contributed by atoms with Crippen molar-refractivity contribution in [2.75, 3.05) is 26.2 Å². The third-order valence-corrected chi connectivity index (χ3v) is 9.51. The summed E-state index contributed by atoms with van der Waals surface area (Å²) in [5.41, 5.74) is 1.89. The second-order valence-electron chi connectivity index (χ2n) is 12.0. The normalized spacial score (nSPS) is 33.0. The van der Waals surface area contributed by atoms with Crippen LogP contribution in [-0.4, -0.2) is 52.9 Å². The van der Waals surface area contributed by atoms with E-state index in [9.17, 15) is 4.79 Å². The summed E-state index contributed by atoms with van der Waals surface area (Å²) < 4.78 is 0. The van der Waals surface area contributed by atoms with Crippen LogP contribution in [0.15, 0.2) is 24.5 Å². The summed E-state index contributed by atoms with van der Waals surface area (Å²) in [6, 6.07) is 4.31. The Bertz CT molecular complexity index is 743. The molecule has 1 aromatic rings. The highest BCUT2D eigenvalue weighted by Crippen LogP contribution is 2.61. The predicted molar refractivity (Wildman–Crippen MR) is 134 cm³/mol. The van der Waals surface area contributed by atoms with Crippen LogP contribution < -0.4 is 0 Å². The van der Waals surface area contributed by atoms with E-state index in [-0.39, 0.29) is 6.04 Å². The van der Waals surface area contributed by atoms with Crippen LogP contribution in [0.1, 0.15) is 89.5 Å². The summed E-state index contributed by atoms with van der Waals surface area (Å²) in [4.78, 5) is 22.8. The van der Waals surface area contributed by atoms with Crippen molar-refractivity contribution >= 4 is 5.91 Å². The Morgan fingerprint density at radius 3 is 2.42 bits per heavy atom. The summed E-state index contributed by atoms with van der Waals surface area (Å²) >= 11 is 0. The first-order valence-corrected chi connectivity index (χ1v) is 14.1. The van der Waals surface area contributed by atoms with Gasteiger partial charge in [0.05, 0.1) is 6.04 Å². The fourth-order valence-electron chi connectivity index (χ4n) is 8.26. The topological polar surface area (TPSA) is 36.4 Å². The molecule has 0 spiro atoms. The van der Waals surface area contributed by atoms with Crippen LogP contribution in [0.5, 0.6) is 0 Å². The number of likely N-dealkylation sites (tertiary alicyclic amines) is 1. The van der Waals surface area contributed by atoms with Crippen molar-refractivity contribution in [2.24, 2.45) is 23.2 Å². The number of nitrogens with zero attached hydrogens (tertiary/aromatic N) is 3. The maximum absolute atomic E-state index is 13.9. The Morgan fingerprint density at radius 1 is 1.06 bits per heavy atom. The molecule has 0 aromatic carbocycles. The standard InChI is InChI=1S/C29H45N3O/c1-2-3-4-13-32(16-10-29-20-24-17-25(21-29)19-26(18-24)22-29)28(33)27-6-5-14-31(27)15-9-23-7-11-30-12-8-23/h7-8,11-12,24-27H,2-6,9-10,13-22H2,1H3/t24?,25?,26?,27-,29?/m0/s1. The second kappa shape index (κ2) is 10.5. The van der Waals surface area contributed by atoms with E-state index in [0.717, 1.165) is 69.6 Å². The molecule has 4 saturated carbocycles. The van der Waals surface area contributed by atoms with Crippen molar-refractivity contribution < 1.29 is 4.79 Å². The molecule has 0 N–H and O–H groups in total. The minimum atomic E-state index is 0.102. The molecule has 5 aliphatic rings. The number of carbonyl (C=O) groups is 1. The van der Waals surface area contributed by atoms with E-state index in [1.807, 2.05) is 12.4 Å². The SMILES string of the molecule is CCCCCN(CCC12CC3CC(CC(C3)C1)C2)C(=O)[C@@H]1CCCN1CCc1ccncc1. The van der Waals surface area contributed by atoms with Crippen LogP contribution in [0.25, 0.3) is 0 Å². The van der Waals surface area contributed by atoms with Gasteiger partial charge < -0.3 is 4.90 Å². The molecular formula is C29H45N3O. The molecule has 4 aliphatic carbocycles. The number of amides is 1. The lowest BCUT2D eigenvalue weighted by molar-refractivity contribution is -0.137. The molecule has 182 valence electrons. The number of unbranched alkanes of at least 4 members (excludes halogenated alkanes) is 2. The van der Waals surface area contributed by atoms with Gasteiger partial charge in [-0.15, -0.1) is 0 Å². The molecule has 5 fully saturated rings. The number of pyridine rings is 1. The highest BCUT2D eigenvalue weighted by molar-refractivity contribution is 5.82. The zero-order valence-corrected chi connectivity index (χ0v) is 20.9. The number of hydrogen-bond donors (Lipinski definition) is 0. The van der Waals surface area contributed by atoms with Gasteiger partial charge in [0.1, 0.15) is 0 Å². The minimum Gasteiger partial charge on any atom is -0.341 e. The van der Waals surface area contributed by atoms with Gasteiger partial charge in [0.2, 0.25) is 5.91 Å². The smallest absolute Gasteiger partial charge is 0.239 e. The van der Waals surface area contributed by atoms with Gasteiger partial charge in [-0.2, -0.15) is 0 Å². The first-order valence-electron chi connectivity index (χ1n) is 14.1. The first-order chi connectivity index (χ1) is 16.1. The zero-order chi connectivity index (χ0) is 22.7. The van der Waals surface area contributed by atoms with Gasteiger partial charge in [0, 0.05) is 32.0 Å². The summed E-state index contributed by atoms with van der Waals surface area (Å²) in [7, 11) is 0. The lowest BCUT2D eigenvalue weighted by Crippen LogP contribution is -2.50. The van der Waals surface area contributed by atoms with Gasteiger partial charge in [-0.25, -0.2) is 0 Å². The van der Waals surface area contributed by atoms with Crippen molar-refractivity contribution in [1.82, 2.24) is 14.8 Å². The van der Waals surface area contributed by atoms with E-state index >= 15 is 0 Å². The Balaban J connectivity index is 1.21. The second-order valence-corrected chi connectivity index (χ2v) is 12.0. The molecule has 4 bridgehead atoms. The Morgan fingerprint density at radius 2 is 1.76 bits per heavy atom. The van der Waals surface area contributed by atoms with Crippen LogP contribution in [0.4, 0.5) is 0 Å². The van der Waals surface area contributed by atoms with Crippen molar-refractivity contribution in [3.05, 3.63) is 30.1 Å². The molecule has 4 nitrogen and oxygen atoms in total. The quantitative estimate of drug-likeness (QED) is 0.404. The number of hydrogen-bond acceptors (Lipinski definition) is 3. The lowest BCUT2D eigenvalue weighted by Gasteiger charge is -2.57. The van der Waals surface area contributed by atoms with Crippen molar-refractivity contribution in [1.29, 1.82) is 0 Å². The Labute approximate surface area is 201 Å². The largest absolute Gasteiger partial charge is 0.341 e. The molecule has 1 atom stereocenters. The van der Waals surface area contributed by atoms with Gasteiger partial charge in [-0.05, 0) is 118 Å². The van der Waals surface area contributed by atoms with Crippen LogP contribution >= 0.6 is 0 Å². The van der Waals surface area contributed by atoms with E-state index in [2.05, 4.69) is 33.8 Å². The van der Waals surface area contributed by atoms with Crippen molar-refractivity contribution in [3.8, 4) is 0 Å². The Kier molecular flexibility index (Phi) is 7.39. The van der Waals surface area contributed by atoms with Gasteiger partial charge in [-0.3, -0.25) is 14.7 Å². The maximum Gasteiger partial charge on any atom is 0.239 e.